The Balaban J connectivity index is 1.59. The summed E-state index contributed by atoms with van der Waals surface area (Å²) >= 11 is 0. The van der Waals surface area contributed by atoms with Crippen LogP contribution >= 0.6 is 0 Å². The van der Waals surface area contributed by atoms with Crippen LogP contribution in [0.25, 0.3) is 10.9 Å². The Kier molecular flexibility index (Phi) is 2.29. The van der Waals surface area contributed by atoms with Crippen molar-refractivity contribution in [2.75, 3.05) is 0 Å². The maximum absolute atomic E-state index is 13.4. The van der Waals surface area contributed by atoms with Crippen molar-refractivity contribution in [1.82, 2.24) is 4.98 Å². The van der Waals surface area contributed by atoms with Crippen molar-refractivity contribution in [2.24, 2.45) is 23.2 Å². The molecule has 4 aliphatic rings. The van der Waals surface area contributed by atoms with Crippen LogP contribution in [0.15, 0.2) is 30.5 Å². The van der Waals surface area contributed by atoms with Crippen molar-refractivity contribution in [1.29, 1.82) is 0 Å². The second kappa shape index (κ2) is 4.00. The second-order valence-electron chi connectivity index (χ2n) is 7.77. The van der Waals surface area contributed by atoms with Gasteiger partial charge < -0.3 is 4.98 Å². The molecule has 4 saturated carbocycles. The molecule has 2 aromatic rings. The van der Waals surface area contributed by atoms with Crippen LogP contribution in [-0.2, 0) is 0 Å². The maximum Gasteiger partial charge on any atom is 0.171 e. The van der Waals surface area contributed by atoms with Gasteiger partial charge in [-0.2, -0.15) is 0 Å². The lowest BCUT2D eigenvalue weighted by atomic mass is 9.48. The summed E-state index contributed by atoms with van der Waals surface area (Å²) < 4.78 is 0. The number of aromatic amines is 1. The zero-order valence-corrected chi connectivity index (χ0v) is 12.3. The third-order valence-electron chi connectivity index (χ3n) is 6.35. The minimum atomic E-state index is -0.0281. The van der Waals surface area contributed by atoms with Gasteiger partial charge in [0.2, 0.25) is 0 Å². The molecule has 2 heteroatoms. The molecule has 0 spiro atoms. The predicted octanol–water partition coefficient (Wildman–Crippen LogP) is 4.57. The molecular formula is C19H21NO. The van der Waals surface area contributed by atoms with Crippen LogP contribution in [0.2, 0.25) is 0 Å². The van der Waals surface area contributed by atoms with E-state index < -0.39 is 0 Å². The van der Waals surface area contributed by atoms with Gasteiger partial charge in [0, 0.05) is 28.1 Å². The van der Waals surface area contributed by atoms with E-state index in [0.29, 0.717) is 5.78 Å². The molecule has 0 unspecified atom stereocenters. The molecule has 1 heterocycles. The van der Waals surface area contributed by atoms with Crippen molar-refractivity contribution in [3.05, 3.63) is 36.0 Å². The van der Waals surface area contributed by atoms with Gasteiger partial charge in [-0.1, -0.05) is 18.2 Å². The van der Waals surface area contributed by atoms with Gasteiger partial charge in [-0.15, -0.1) is 0 Å². The number of fused-ring (bicyclic) bond motifs is 1. The minimum Gasteiger partial charge on any atom is -0.360 e. The third kappa shape index (κ3) is 1.62. The van der Waals surface area contributed by atoms with Crippen LogP contribution in [0.3, 0.4) is 0 Å². The number of rotatable bonds is 2. The molecule has 6 rings (SSSR count). The van der Waals surface area contributed by atoms with Gasteiger partial charge in [0.05, 0.1) is 0 Å². The summed E-state index contributed by atoms with van der Waals surface area (Å²) in [5.74, 6) is 2.90. The first kappa shape index (κ1) is 12.0. The smallest absolute Gasteiger partial charge is 0.171 e. The van der Waals surface area contributed by atoms with E-state index in [1.807, 2.05) is 18.3 Å². The fraction of sp³-hybridized carbons (Fsp3) is 0.526. The fourth-order valence-corrected chi connectivity index (χ4v) is 5.93. The Morgan fingerprint density at radius 1 is 1.00 bits per heavy atom. The summed E-state index contributed by atoms with van der Waals surface area (Å²) in [5, 5.41) is 1.11. The zero-order valence-electron chi connectivity index (χ0n) is 12.3. The molecule has 1 N–H and O–H groups in total. The van der Waals surface area contributed by atoms with E-state index in [1.54, 1.807) is 0 Å². The predicted molar refractivity (Wildman–Crippen MR) is 83.2 cm³/mol. The average molecular weight is 279 g/mol. The van der Waals surface area contributed by atoms with Crippen molar-refractivity contribution in [3.63, 3.8) is 0 Å². The van der Waals surface area contributed by atoms with Gasteiger partial charge in [0.15, 0.2) is 5.78 Å². The van der Waals surface area contributed by atoms with Crippen LogP contribution in [0.4, 0.5) is 0 Å². The van der Waals surface area contributed by atoms with Gasteiger partial charge in [-0.3, -0.25) is 4.79 Å². The molecule has 0 radical (unpaired) electrons. The van der Waals surface area contributed by atoms with Crippen LogP contribution in [-0.4, -0.2) is 10.8 Å². The van der Waals surface area contributed by atoms with Crippen molar-refractivity contribution < 1.29 is 4.79 Å². The Bertz CT molecular complexity index is 691. The number of benzene rings is 1. The highest BCUT2D eigenvalue weighted by molar-refractivity contribution is 6.10. The SMILES string of the molecule is O=C(c1c[nH]c2ccccc12)C12CC3CC(CC(C3)C1)C2. The molecule has 21 heavy (non-hydrogen) atoms. The molecule has 0 aliphatic heterocycles. The molecule has 0 saturated heterocycles. The number of carbonyl (C=O) groups is 1. The summed E-state index contributed by atoms with van der Waals surface area (Å²) in [7, 11) is 0. The quantitative estimate of drug-likeness (QED) is 0.803. The average Bonchev–Trinajstić information content (AvgIpc) is 2.89. The number of H-pyrrole nitrogens is 1. The normalized spacial score (nSPS) is 37.2. The Morgan fingerprint density at radius 3 is 2.29 bits per heavy atom. The number of ketones is 1. The summed E-state index contributed by atoms with van der Waals surface area (Å²) in [5.41, 5.74) is 2.00. The standard InChI is InChI=1S/C19H21NO/c21-18(16-11-20-17-4-2-1-3-15(16)17)19-8-12-5-13(9-19)7-14(6-12)10-19/h1-4,11-14,20H,5-10H2. The number of Topliss-reactive ketones (excluding diaryl/α,β-unsaturated/α-hetero) is 1. The number of hydrogen-bond acceptors (Lipinski definition) is 1. The third-order valence-corrected chi connectivity index (χ3v) is 6.35. The monoisotopic (exact) mass is 279 g/mol. The Hall–Kier alpha value is -1.57. The molecule has 0 atom stereocenters. The molecule has 4 fully saturated rings. The lowest BCUT2D eigenvalue weighted by molar-refractivity contribution is -0.0352. The molecule has 1 aromatic carbocycles. The van der Waals surface area contributed by atoms with Gasteiger partial charge >= 0.3 is 0 Å². The van der Waals surface area contributed by atoms with E-state index >= 15 is 0 Å². The Labute approximate surface area is 124 Å². The van der Waals surface area contributed by atoms with E-state index in [1.165, 1.54) is 19.3 Å². The second-order valence-corrected chi connectivity index (χ2v) is 7.77. The van der Waals surface area contributed by atoms with E-state index in [2.05, 4.69) is 17.1 Å². The van der Waals surface area contributed by atoms with Gasteiger partial charge in [-0.05, 0) is 62.3 Å². The fourth-order valence-electron chi connectivity index (χ4n) is 5.93. The highest BCUT2D eigenvalue weighted by Gasteiger charge is 2.54. The first-order chi connectivity index (χ1) is 10.2. The number of nitrogens with one attached hydrogen (secondary N) is 1. The van der Waals surface area contributed by atoms with Crippen LogP contribution in [0.1, 0.15) is 48.9 Å². The maximum atomic E-state index is 13.4. The number of carbonyl (C=O) groups excluding carboxylic acids is 1. The number of hydrogen-bond donors (Lipinski definition) is 1. The van der Waals surface area contributed by atoms with Crippen molar-refractivity contribution in [2.45, 2.75) is 38.5 Å². The number of aromatic nitrogens is 1. The van der Waals surface area contributed by atoms with Gasteiger partial charge in [0.25, 0.3) is 0 Å². The lowest BCUT2D eigenvalue weighted by Gasteiger charge is -2.55. The highest BCUT2D eigenvalue weighted by Crippen LogP contribution is 2.61. The molecule has 0 amide bonds. The molecule has 2 nitrogen and oxygen atoms in total. The topological polar surface area (TPSA) is 32.9 Å². The number of para-hydroxylation sites is 1. The summed E-state index contributed by atoms with van der Waals surface area (Å²) in [6.45, 7) is 0. The van der Waals surface area contributed by atoms with E-state index in [4.69, 9.17) is 0 Å². The first-order valence-corrected chi connectivity index (χ1v) is 8.34. The first-order valence-electron chi connectivity index (χ1n) is 8.34. The van der Waals surface area contributed by atoms with E-state index in [-0.39, 0.29) is 5.41 Å². The summed E-state index contributed by atoms with van der Waals surface area (Å²) in [6, 6.07) is 8.20. The Morgan fingerprint density at radius 2 is 1.62 bits per heavy atom. The largest absolute Gasteiger partial charge is 0.360 e. The van der Waals surface area contributed by atoms with Crippen LogP contribution in [0.5, 0.6) is 0 Å². The summed E-state index contributed by atoms with van der Waals surface area (Å²) in [6.07, 6.45) is 9.57. The molecule has 1 aromatic heterocycles. The van der Waals surface area contributed by atoms with E-state index in [9.17, 15) is 4.79 Å². The van der Waals surface area contributed by atoms with Crippen molar-refractivity contribution in [3.8, 4) is 0 Å². The molecular weight excluding hydrogens is 258 g/mol. The lowest BCUT2D eigenvalue weighted by Crippen LogP contribution is -2.50. The van der Waals surface area contributed by atoms with Crippen LogP contribution in [0, 0.1) is 23.2 Å². The van der Waals surface area contributed by atoms with Crippen LogP contribution < -0.4 is 0 Å². The highest BCUT2D eigenvalue weighted by atomic mass is 16.1. The van der Waals surface area contributed by atoms with Gasteiger partial charge in [-0.25, -0.2) is 0 Å². The minimum absolute atomic E-state index is 0.0281. The zero-order chi connectivity index (χ0) is 14.0. The summed E-state index contributed by atoms with van der Waals surface area (Å²) in [4.78, 5) is 16.6. The molecule has 4 bridgehead atoms. The van der Waals surface area contributed by atoms with Crippen molar-refractivity contribution >= 4 is 16.7 Å². The molecule has 4 aliphatic carbocycles. The van der Waals surface area contributed by atoms with Gasteiger partial charge in [0.1, 0.15) is 0 Å². The van der Waals surface area contributed by atoms with E-state index in [0.717, 1.165) is 53.5 Å². The molecule has 108 valence electrons.